The minimum Gasteiger partial charge on any atom is -0.381 e. The minimum absolute atomic E-state index is 0.279. The quantitative estimate of drug-likeness (QED) is 0.631. The molecule has 0 aliphatic rings. The van der Waals surface area contributed by atoms with Crippen molar-refractivity contribution in [1.29, 1.82) is 0 Å². The van der Waals surface area contributed by atoms with Crippen LogP contribution in [0.1, 0.15) is 56.5 Å². The summed E-state index contributed by atoms with van der Waals surface area (Å²) in [6.07, 6.45) is 4.73. The van der Waals surface area contributed by atoms with Crippen LogP contribution in [-0.4, -0.2) is 16.4 Å². The number of aromatic nitrogens is 2. The van der Waals surface area contributed by atoms with Crippen LogP contribution in [0, 0.1) is 6.92 Å². The number of nitrogens with zero attached hydrogens (tertiary/aromatic N) is 2. The smallest absolute Gasteiger partial charge is 0.273 e. The second kappa shape index (κ2) is 12.3. The van der Waals surface area contributed by atoms with E-state index >= 15 is 0 Å². The molecule has 1 aromatic heterocycles. The number of aliphatic imine (C=N–C) groups is 1. The Morgan fingerprint density at radius 1 is 1.21 bits per heavy atom. The fraction of sp³-hybridized carbons (Fsp3) is 0.292. The molecule has 0 aliphatic heterocycles. The van der Waals surface area contributed by atoms with Gasteiger partial charge in [0.05, 0.1) is 11.3 Å². The van der Waals surface area contributed by atoms with Crippen molar-refractivity contribution in [3.8, 4) is 0 Å². The molecule has 29 heavy (non-hydrogen) atoms. The van der Waals surface area contributed by atoms with Gasteiger partial charge in [0, 0.05) is 24.2 Å². The number of H-pyrrole nitrogens is 1. The van der Waals surface area contributed by atoms with Crippen molar-refractivity contribution in [1.82, 2.24) is 15.5 Å². The zero-order valence-corrected chi connectivity index (χ0v) is 18.2. The standard InChI is InChI=1S/C21H24N4O.C3H8/c1-14(2)22-11-10-16(4)20-12-19(21(26)25-24-20)17(5)23-13-18-8-6-15(3)7-9-18;1-3-2/h6-12,23H,1,5,13H2,2-4H3,(H,25,26);3H2,1-2H3/b16-10+,22-11?;. The number of benzene rings is 1. The molecule has 0 fully saturated rings. The number of aromatic amines is 1. The van der Waals surface area contributed by atoms with E-state index in [-0.39, 0.29) is 5.56 Å². The zero-order chi connectivity index (χ0) is 21.8. The minimum atomic E-state index is -0.279. The van der Waals surface area contributed by atoms with E-state index in [1.165, 1.54) is 12.0 Å². The van der Waals surface area contributed by atoms with Gasteiger partial charge >= 0.3 is 0 Å². The zero-order valence-electron chi connectivity index (χ0n) is 18.2. The van der Waals surface area contributed by atoms with E-state index in [1.54, 1.807) is 12.3 Å². The van der Waals surface area contributed by atoms with Crippen LogP contribution in [0.25, 0.3) is 11.3 Å². The fourth-order valence-electron chi connectivity index (χ4n) is 2.20. The number of hydrogen-bond donors (Lipinski definition) is 2. The van der Waals surface area contributed by atoms with Crippen LogP contribution >= 0.6 is 0 Å². The molecule has 0 atom stereocenters. The van der Waals surface area contributed by atoms with Crippen LogP contribution in [0.4, 0.5) is 0 Å². The van der Waals surface area contributed by atoms with Gasteiger partial charge in [-0.3, -0.25) is 9.79 Å². The summed E-state index contributed by atoms with van der Waals surface area (Å²) < 4.78 is 0. The Hall–Kier alpha value is -3.21. The van der Waals surface area contributed by atoms with E-state index in [0.717, 1.165) is 16.8 Å². The maximum Gasteiger partial charge on any atom is 0.273 e. The van der Waals surface area contributed by atoms with Crippen molar-refractivity contribution in [3.05, 3.63) is 88.0 Å². The lowest BCUT2D eigenvalue weighted by Crippen LogP contribution is -2.20. The van der Waals surface area contributed by atoms with Crippen LogP contribution in [0.15, 0.2) is 65.0 Å². The Bertz CT molecular complexity index is 934. The molecule has 5 nitrogen and oxygen atoms in total. The predicted molar refractivity (Wildman–Crippen MR) is 125 cm³/mol. The first-order valence-corrected chi connectivity index (χ1v) is 9.73. The Labute approximate surface area is 174 Å². The van der Waals surface area contributed by atoms with Crippen LogP contribution in [0.2, 0.25) is 0 Å². The molecule has 1 aromatic carbocycles. The second-order valence-corrected chi connectivity index (χ2v) is 6.88. The lowest BCUT2D eigenvalue weighted by Gasteiger charge is -2.10. The molecular weight excluding hydrogens is 360 g/mol. The lowest BCUT2D eigenvalue weighted by atomic mass is 10.1. The highest BCUT2D eigenvalue weighted by molar-refractivity contribution is 5.83. The van der Waals surface area contributed by atoms with Gasteiger partial charge in [0.15, 0.2) is 0 Å². The third-order valence-electron chi connectivity index (χ3n) is 3.78. The Morgan fingerprint density at radius 3 is 2.41 bits per heavy atom. The van der Waals surface area contributed by atoms with Gasteiger partial charge in [-0.1, -0.05) is 63.3 Å². The lowest BCUT2D eigenvalue weighted by molar-refractivity contribution is 0.879. The summed E-state index contributed by atoms with van der Waals surface area (Å²) in [4.78, 5) is 16.2. The van der Waals surface area contributed by atoms with Gasteiger partial charge in [-0.2, -0.15) is 5.10 Å². The van der Waals surface area contributed by atoms with E-state index < -0.39 is 0 Å². The van der Waals surface area contributed by atoms with Gasteiger partial charge in [0.2, 0.25) is 0 Å². The van der Waals surface area contributed by atoms with Crippen molar-refractivity contribution in [2.24, 2.45) is 4.99 Å². The summed E-state index contributed by atoms with van der Waals surface area (Å²) >= 11 is 0. The van der Waals surface area contributed by atoms with Crippen LogP contribution in [0.5, 0.6) is 0 Å². The topological polar surface area (TPSA) is 70.1 Å². The van der Waals surface area contributed by atoms with Gasteiger partial charge in [-0.25, -0.2) is 5.10 Å². The summed E-state index contributed by atoms with van der Waals surface area (Å²) in [6.45, 7) is 18.3. The maximum atomic E-state index is 12.1. The number of allylic oxidation sites excluding steroid dienone is 3. The number of aryl methyl sites for hydroxylation is 1. The summed E-state index contributed by atoms with van der Waals surface area (Å²) in [7, 11) is 0. The Morgan fingerprint density at radius 2 is 1.83 bits per heavy atom. The highest BCUT2D eigenvalue weighted by Crippen LogP contribution is 2.13. The fourth-order valence-corrected chi connectivity index (χ4v) is 2.20. The third-order valence-corrected chi connectivity index (χ3v) is 3.78. The average molecular weight is 393 g/mol. The predicted octanol–water partition coefficient (Wildman–Crippen LogP) is 5.26. The first-order chi connectivity index (χ1) is 13.8. The second-order valence-electron chi connectivity index (χ2n) is 6.88. The van der Waals surface area contributed by atoms with Gasteiger partial charge in [-0.05, 0) is 44.1 Å². The molecule has 154 valence electrons. The van der Waals surface area contributed by atoms with Crippen LogP contribution < -0.4 is 10.9 Å². The molecule has 2 N–H and O–H groups in total. The number of nitrogens with one attached hydrogen (secondary N) is 2. The summed E-state index contributed by atoms with van der Waals surface area (Å²) in [5, 5.41) is 9.81. The summed E-state index contributed by atoms with van der Waals surface area (Å²) in [5.74, 6) is 0. The first-order valence-electron chi connectivity index (χ1n) is 9.73. The first kappa shape index (κ1) is 23.8. The Kier molecular flexibility index (Phi) is 10.1. The highest BCUT2D eigenvalue weighted by atomic mass is 16.1. The molecule has 2 aromatic rings. The van der Waals surface area contributed by atoms with E-state index in [1.807, 2.05) is 39.0 Å². The van der Waals surface area contributed by atoms with Crippen molar-refractivity contribution < 1.29 is 0 Å². The van der Waals surface area contributed by atoms with E-state index in [4.69, 9.17) is 0 Å². The van der Waals surface area contributed by atoms with Crippen molar-refractivity contribution in [2.75, 3.05) is 0 Å². The van der Waals surface area contributed by atoms with Crippen molar-refractivity contribution in [3.63, 3.8) is 0 Å². The molecule has 0 bridgehead atoms. The average Bonchev–Trinajstić information content (AvgIpc) is 2.68. The molecule has 2 rings (SSSR count). The molecule has 0 saturated carbocycles. The molecule has 0 aliphatic carbocycles. The normalized spacial score (nSPS) is 11.0. The molecule has 0 unspecified atom stereocenters. The molecular formula is C24H32N4O. The SMILES string of the molecule is C=C(C)N=C/C=C(\C)c1cc(C(=C)NCc2ccc(C)cc2)c(=O)[nH]n1.CCC. The van der Waals surface area contributed by atoms with Crippen LogP contribution in [0.3, 0.4) is 0 Å². The molecule has 5 heteroatoms. The molecule has 0 spiro atoms. The largest absolute Gasteiger partial charge is 0.381 e. The number of rotatable bonds is 7. The van der Waals surface area contributed by atoms with Crippen LogP contribution in [-0.2, 0) is 6.54 Å². The molecule has 1 heterocycles. The highest BCUT2D eigenvalue weighted by Gasteiger charge is 2.08. The Balaban J connectivity index is 0.00000132. The summed E-state index contributed by atoms with van der Waals surface area (Å²) in [5.41, 5.74) is 5.32. The van der Waals surface area contributed by atoms with E-state index in [0.29, 0.717) is 23.5 Å². The monoisotopic (exact) mass is 392 g/mol. The van der Waals surface area contributed by atoms with E-state index in [2.05, 4.69) is 59.6 Å². The number of hydrogen-bond acceptors (Lipinski definition) is 4. The van der Waals surface area contributed by atoms with Gasteiger partial charge < -0.3 is 5.32 Å². The van der Waals surface area contributed by atoms with Crippen molar-refractivity contribution >= 4 is 17.5 Å². The van der Waals surface area contributed by atoms with Gasteiger partial charge in [0.25, 0.3) is 5.56 Å². The van der Waals surface area contributed by atoms with Gasteiger partial charge in [-0.15, -0.1) is 0 Å². The van der Waals surface area contributed by atoms with E-state index in [9.17, 15) is 4.79 Å². The molecule has 0 amide bonds. The van der Waals surface area contributed by atoms with Gasteiger partial charge in [0.1, 0.15) is 0 Å². The summed E-state index contributed by atoms with van der Waals surface area (Å²) in [6, 6.07) is 9.93. The maximum absolute atomic E-state index is 12.1. The molecule has 0 radical (unpaired) electrons. The molecule has 0 saturated heterocycles. The van der Waals surface area contributed by atoms with Crippen molar-refractivity contribution in [2.45, 2.75) is 47.6 Å². The third kappa shape index (κ3) is 8.56.